The number of aromatic nitrogens is 2. The van der Waals surface area contributed by atoms with Gasteiger partial charge in [0.2, 0.25) is 5.71 Å². The Bertz CT molecular complexity index is 1280. The number of aliphatic carboxylic acids is 1. The molecule has 1 N–H and O–H groups in total. The van der Waals surface area contributed by atoms with Crippen LogP contribution in [0.1, 0.15) is 57.2 Å². The molecule has 5 fully saturated rings. The van der Waals surface area contributed by atoms with Crippen molar-refractivity contribution in [2.45, 2.75) is 57.5 Å². The summed E-state index contributed by atoms with van der Waals surface area (Å²) in [5.41, 5.74) is 2.49. The summed E-state index contributed by atoms with van der Waals surface area (Å²) >= 11 is 0. The van der Waals surface area contributed by atoms with Crippen molar-refractivity contribution < 1.29 is 14.7 Å². The highest BCUT2D eigenvalue weighted by Crippen LogP contribution is 2.82. The molecule has 178 valence electrons. The zero-order valence-electron chi connectivity index (χ0n) is 19.6. The molecule has 7 rings (SSSR count). The highest BCUT2D eigenvalue weighted by atomic mass is 16.6. The smallest absolute Gasteiger partial charge is 0.360 e. The fourth-order valence-corrected chi connectivity index (χ4v) is 6.72. The number of hydrogen-bond donors (Lipinski definition) is 1. The van der Waals surface area contributed by atoms with Gasteiger partial charge >= 0.3 is 5.97 Å². The summed E-state index contributed by atoms with van der Waals surface area (Å²) in [6.45, 7) is 3.10. The van der Waals surface area contributed by atoms with Gasteiger partial charge in [-0.1, -0.05) is 17.3 Å². The Morgan fingerprint density at radius 3 is 2.79 bits per heavy atom. The third kappa shape index (κ3) is 3.03. The summed E-state index contributed by atoms with van der Waals surface area (Å²) in [6, 6.07) is 7.59. The largest absolute Gasteiger partial charge is 0.476 e. The summed E-state index contributed by atoms with van der Waals surface area (Å²) in [4.78, 5) is 36.9. The van der Waals surface area contributed by atoms with E-state index in [-0.39, 0.29) is 11.7 Å². The van der Waals surface area contributed by atoms with Crippen LogP contribution in [0, 0.1) is 17.3 Å². The number of fused-ring (bicyclic) bond motifs is 1. The van der Waals surface area contributed by atoms with Crippen LogP contribution in [0.5, 0.6) is 0 Å². The molecule has 1 saturated heterocycles. The lowest BCUT2D eigenvalue weighted by atomic mass is 9.42. The summed E-state index contributed by atoms with van der Waals surface area (Å²) in [6.07, 6.45) is 9.74. The fourth-order valence-electron chi connectivity index (χ4n) is 6.72. The van der Waals surface area contributed by atoms with Crippen molar-refractivity contribution in [2.75, 3.05) is 13.7 Å². The molecule has 4 aliphatic carbocycles. The van der Waals surface area contributed by atoms with Gasteiger partial charge < -0.3 is 19.4 Å². The molecule has 2 bridgehead atoms. The molecule has 1 aromatic heterocycles. The van der Waals surface area contributed by atoms with Crippen LogP contribution in [0.2, 0.25) is 0 Å². The predicted molar refractivity (Wildman–Crippen MR) is 128 cm³/mol. The molecule has 1 aliphatic heterocycles. The first kappa shape index (κ1) is 21.4. The number of hydrogen-bond acceptors (Lipinski definition) is 6. The van der Waals surface area contributed by atoms with Crippen molar-refractivity contribution in [3.63, 3.8) is 0 Å². The van der Waals surface area contributed by atoms with Crippen LogP contribution in [0.15, 0.2) is 46.0 Å². The average molecular weight is 463 g/mol. The van der Waals surface area contributed by atoms with Gasteiger partial charge in [-0.15, -0.1) is 0 Å². The van der Waals surface area contributed by atoms with Crippen molar-refractivity contribution in [1.82, 2.24) is 14.5 Å². The van der Waals surface area contributed by atoms with E-state index in [4.69, 9.17) is 4.84 Å². The highest BCUT2D eigenvalue weighted by molar-refractivity contribution is 6.41. The van der Waals surface area contributed by atoms with Crippen LogP contribution < -0.4 is 5.56 Å². The van der Waals surface area contributed by atoms with E-state index in [0.29, 0.717) is 22.5 Å². The molecule has 5 aliphatic rings. The van der Waals surface area contributed by atoms with E-state index in [2.05, 4.69) is 21.2 Å². The molecule has 2 heterocycles. The van der Waals surface area contributed by atoms with Crippen LogP contribution in [0.25, 0.3) is 11.0 Å². The Morgan fingerprint density at radius 1 is 1.35 bits per heavy atom. The topological polar surface area (TPSA) is 97.0 Å². The van der Waals surface area contributed by atoms with Gasteiger partial charge in [0.05, 0.1) is 11.0 Å². The van der Waals surface area contributed by atoms with E-state index in [1.54, 1.807) is 16.2 Å². The Balaban J connectivity index is 1.32. The van der Waals surface area contributed by atoms with Crippen LogP contribution in [-0.4, -0.2) is 50.9 Å². The van der Waals surface area contributed by atoms with E-state index in [9.17, 15) is 14.7 Å². The summed E-state index contributed by atoms with van der Waals surface area (Å²) in [5, 5.41) is 13.2. The summed E-state index contributed by atoms with van der Waals surface area (Å²) in [5.74, 6) is 0.321. The van der Waals surface area contributed by atoms with E-state index in [0.717, 1.165) is 37.6 Å². The third-order valence-electron chi connectivity index (χ3n) is 8.69. The van der Waals surface area contributed by atoms with Crippen molar-refractivity contribution in [2.24, 2.45) is 22.4 Å². The first-order valence-corrected chi connectivity index (χ1v) is 12.3. The number of carboxylic acid groups (broad SMARTS) is 1. The lowest BCUT2D eigenvalue weighted by Gasteiger charge is -2.62. The highest BCUT2D eigenvalue weighted by Gasteiger charge is 2.73. The van der Waals surface area contributed by atoms with Gasteiger partial charge in [-0.2, -0.15) is 0 Å². The molecule has 4 atom stereocenters. The molecule has 8 heteroatoms. The van der Waals surface area contributed by atoms with Gasteiger partial charge in [0.15, 0.2) is 5.69 Å². The minimum absolute atomic E-state index is 0.133. The average Bonchev–Trinajstić information content (AvgIpc) is 3.53. The molecule has 0 radical (unpaired) electrons. The van der Waals surface area contributed by atoms with Gasteiger partial charge in [0.25, 0.3) is 5.56 Å². The lowest BCUT2D eigenvalue weighted by molar-refractivity contribution is -0.129. The fraction of sp³-hybridized carbons (Fsp3) is 0.538. The minimum atomic E-state index is -1.35. The van der Waals surface area contributed by atoms with Crippen molar-refractivity contribution in [1.29, 1.82) is 0 Å². The number of carboxylic acids is 1. The molecule has 2 unspecified atom stereocenters. The maximum absolute atomic E-state index is 13.5. The van der Waals surface area contributed by atoms with Crippen molar-refractivity contribution in [3.05, 3.63) is 52.1 Å². The second kappa shape index (κ2) is 7.68. The molecule has 0 amide bonds. The monoisotopic (exact) mass is 462 g/mol. The maximum Gasteiger partial charge on any atom is 0.360 e. The van der Waals surface area contributed by atoms with Crippen LogP contribution >= 0.6 is 0 Å². The molecule has 1 aromatic carbocycles. The summed E-state index contributed by atoms with van der Waals surface area (Å²) in [7, 11) is 1.26. The SMILES string of the molecule is CO/N=C(\C(=O)O)c1nc2ccccc2n([C@@H](C)C[C@@H]2CCCN2C=C2C3CC2C32CC2)c1=O. The third-order valence-corrected chi connectivity index (χ3v) is 8.69. The molecule has 4 saturated carbocycles. The molecule has 34 heavy (non-hydrogen) atoms. The molecule has 1 spiro atoms. The van der Waals surface area contributed by atoms with Gasteiger partial charge in [-0.3, -0.25) is 4.79 Å². The molecule has 8 nitrogen and oxygen atoms in total. The maximum atomic E-state index is 13.5. The van der Waals surface area contributed by atoms with Gasteiger partial charge in [0.1, 0.15) is 7.11 Å². The first-order valence-electron chi connectivity index (χ1n) is 12.3. The zero-order chi connectivity index (χ0) is 23.6. The van der Waals surface area contributed by atoms with Crippen LogP contribution in [0.3, 0.4) is 0 Å². The second-order valence-electron chi connectivity index (χ2n) is 10.4. The number of carbonyl (C=O) groups is 1. The minimum Gasteiger partial charge on any atom is -0.476 e. The van der Waals surface area contributed by atoms with Crippen LogP contribution in [-0.2, 0) is 9.63 Å². The Labute approximate surface area is 197 Å². The van der Waals surface area contributed by atoms with Crippen LogP contribution in [0.4, 0.5) is 0 Å². The summed E-state index contributed by atoms with van der Waals surface area (Å²) < 4.78 is 1.69. The number of allylic oxidation sites excluding steroid dienone is 1. The van der Waals surface area contributed by atoms with Gasteiger partial charge in [-0.05, 0) is 86.6 Å². The number of benzene rings is 1. The van der Waals surface area contributed by atoms with E-state index in [1.165, 1.54) is 26.4 Å². The Morgan fingerprint density at radius 2 is 2.12 bits per heavy atom. The first-order chi connectivity index (χ1) is 16.4. The quantitative estimate of drug-likeness (QED) is 0.499. The van der Waals surface area contributed by atoms with Crippen molar-refractivity contribution in [3.8, 4) is 0 Å². The molecule has 2 aromatic rings. The van der Waals surface area contributed by atoms with E-state index >= 15 is 0 Å². The van der Waals surface area contributed by atoms with E-state index < -0.39 is 17.2 Å². The number of para-hydroxylation sites is 2. The molecular weight excluding hydrogens is 432 g/mol. The van der Waals surface area contributed by atoms with E-state index in [1.807, 2.05) is 25.1 Å². The lowest BCUT2D eigenvalue weighted by Crippen LogP contribution is -2.55. The van der Waals surface area contributed by atoms with Gasteiger partial charge in [-0.25, -0.2) is 9.78 Å². The number of rotatable bonds is 7. The molecular formula is C26H30N4O4. The number of likely N-dealkylation sites (tertiary alicyclic amines) is 1. The second-order valence-corrected chi connectivity index (χ2v) is 10.4. The Kier molecular flexibility index (Phi) is 4.83. The zero-order valence-corrected chi connectivity index (χ0v) is 19.6. The Hall–Kier alpha value is -3.16. The normalized spacial score (nSPS) is 27.4. The number of oxime groups is 1. The predicted octanol–water partition coefficient (Wildman–Crippen LogP) is 3.56. The van der Waals surface area contributed by atoms with Gasteiger partial charge in [0, 0.05) is 18.6 Å². The number of nitrogens with zero attached hydrogens (tertiary/aromatic N) is 4. The standard InChI is InChI=1S/C26H30N4O4/c1-15(12-16-6-5-11-29(16)14-17-18-13-19(17)26(18)9-10-26)30-21-8-4-3-7-20(21)27-22(24(30)31)23(25(32)33)28-34-2/h3-4,7-8,14-16,18-19H,5-6,9-13H2,1-2H3,(H,32,33)/b17-14?,28-23-/t15-,16-,18?,19?/m0/s1. The van der Waals surface area contributed by atoms with Crippen molar-refractivity contribution >= 4 is 22.7 Å².